The van der Waals surface area contributed by atoms with E-state index in [4.69, 9.17) is 16.3 Å². The maximum Gasteiger partial charge on any atom is 0.342 e. The fraction of sp³-hybridized carbons (Fsp3) is 0.0714. The van der Waals surface area contributed by atoms with Crippen molar-refractivity contribution in [2.45, 2.75) is 5.88 Å². The van der Waals surface area contributed by atoms with Gasteiger partial charge in [0.25, 0.3) is 0 Å². The van der Waals surface area contributed by atoms with Crippen LogP contribution in [0.1, 0.15) is 5.56 Å². The van der Waals surface area contributed by atoms with E-state index in [9.17, 15) is 0 Å². The molecule has 3 rings (SSSR count). The van der Waals surface area contributed by atoms with Crippen molar-refractivity contribution in [1.82, 2.24) is 19.7 Å². The van der Waals surface area contributed by atoms with Crippen LogP contribution in [-0.4, -0.2) is 19.7 Å². The molecular formula is C14H11ClN4O. The Labute approximate surface area is 120 Å². The highest BCUT2D eigenvalue weighted by atomic mass is 35.5. The standard InChI is InChI=1S/C14H11ClN4O/c15-9-11-5-4-8-16-13(11)20-14-17-10-19(18-14)12-6-2-1-3-7-12/h1-8,10H,9H2. The third-order valence-corrected chi connectivity index (χ3v) is 2.96. The molecule has 0 N–H and O–H groups in total. The average molecular weight is 287 g/mol. The molecular weight excluding hydrogens is 276 g/mol. The van der Waals surface area contributed by atoms with Crippen LogP contribution in [0.5, 0.6) is 11.9 Å². The summed E-state index contributed by atoms with van der Waals surface area (Å²) in [5.41, 5.74) is 1.71. The lowest BCUT2D eigenvalue weighted by Gasteiger charge is -2.03. The monoisotopic (exact) mass is 286 g/mol. The molecule has 2 heterocycles. The van der Waals surface area contributed by atoms with E-state index in [-0.39, 0.29) is 6.01 Å². The molecule has 3 aromatic rings. The highest BCUT2D eigenvalue weighted by Gasteiger charge is 2.09. The number of halogens is 1. The van der Waals surface area contributed by atoms with Crippen LogP contribution in [0.25, 0.3) is 5.69 Å². The van der Waals surface area contributed by atoms with Crippen LogP contribution in [0.15, 0.2) is 55.0 Å². The number of hydrogen-bond donors (Lipinski definition) is 0. The fourth-order valence-corrected chi connectivity index (χ4v) is 1.91. The molecule has 0 bridgehead atoms. The number of para-hydroxylation sites is 1. The summed E-state index contributed by atoms with van der Waals surface area (Å²) in [5.74, 6) is 0.746. The van der Waals surface area contributed by atoms with E-state index >= 15 is 0 Å². The minimum atomic E-state index is 0.235. The number of alkyl halides is 1. The molecule has 0 saturated carbocycles. The SMILES string of the molecule is ClCc1cccnc1Oc1ncn(-c2ccccc2)n1. The van der Waals surface area contributed by atoms with E-state index in [1.54, 1.807) is 23.3 Å². The molecule has 0 fully saturated rings. The molecule has 0 aliphatic heterocycles. The summed E-state index contributed by atoms with van der Waals surface area (Å²) < 4.78 is 7.20. The van der Waals surface area contributed by atoms with Gasteiger partial charge in [0.1, 0.15) is 6.33 Å². The second-order valence-corrected chi connectivity index (χ2v) is 4.28. The summed E-state index contributed by atoms with van der Waals surface area (Å²) >= 11 is 5.83. The van der Waals surface area contributed by atoms with Crippen molar-refractivity contribution in [2.75, 3.05) is 0 Å². The quantitative estimate of drug-likeness (QED) is 0.691. The van der Waals surface area contributed by atoms with Gasteiger partial charge in [0.05, 0.1) is 11.6 Å². The first-order valence-electron chi connectivity index (χ1n) is 6.01. The number of nitrogens with zero attached hydrogens (tertiary/aromatic N) is 4. The van der Waals surface area contributed by atoms with Gasteiger partial charge in [-0.3, -0.25) is 0 Å². The lowest BCUT2D eigenvalue weighted by Crippen LogP contribution is -1.96. The fourth-order valence-electron chi connectivity index (χ4n) is 1.70. The third-order valence-electron chi connectivity index (χ3n) is 2.67. The van der Waals surface area contributed by atoms with E-state index in [1.165, 1.54) is 0 Å². The average Bonchev–Trinajstić information content (AvgIpc) is 2.97. The van der Waals surface area contributed by atoms with Gasteiger partial charge in [-0.2, -0.15) is 4.98 Å². The normalized spacial score (nSPS) is 10.4. The van der Waals surface area contributed by atoms with Gasteiger partial charge in [-0.15, -0.1) is 16.7 Å². The molecule has 1 aromatic carbocycles. The Hall–Kier alpha value is -2.40. The Morgan fingerprint density at radius 1 is 1.05 bits per heavy atom. The van der Waals surface area contributed by atoms with Gasteiger partial charge < -0.3 is 4.74 Å². The topological polar surface area (TPSA) is 52.8 Å². The maximum absolute atomic E-state index is 5.83. The van der Waals surface area contributed by atoms with Crippen LogP contribution in [-0.2, 0) is 5.88 Å². The second kappa shape index (κ2) is 5.71. The molecule has 0 amide bonds. The smallest absolute Gasteiger partial charge is 0.342 e. The van der Waals surface area contributed by atoms with Gasteiger partial charge in [-0.1, -0.05) is 24.3 Å². The van der Waals surface area contributed by atoms with Crippen molar-refractivity contribution >= 4 is 11.6 Å². The van der Waals surface area contributed by atoms with E-state index in [1.807, 2.05) is 36.4 Å². The van der Waals surface area contributed by atoms with Gasteiger partial charge in [-0.05, 0) is 18.2 Å². The molecule has 6 heteroatoms. The van der Waals surface area contributed by atoms with Crippen LogP contribution >= 0.6 is 11.6 Å². The van der Waals surface area contributed by atoms with Crippen LogP contribution in [0.2, 0.25) is 0 Å². The van der Waals surface area contributed by atoms with E-state index in [2.05, 4.69) is 15.1 Å². The van der Waals surface area contributed by atoms with E-state index in [0.717, 1.165) is 11.3 Å². The number of ether oxygens (including phenoxy) is 1. The number of aromatic nitrogens is 4. The molecule has 0 radical (unpaired) electrons. The zero-order valence-corrected chi connectivity index (χ0v) is 11.2. The van der Waals surface area contributed by atoms with Crippen LogP contribution in [0.3, 0.4) is 0 Å². The molecule has 100 valence electrons. The predicted octanol–water partition coefficient (Wildman–Crippen LogP) is 3.19. The summed E-state index contributed by atoms with van der Waals surface area (Å²) in [7, 11) is 0. The first-order chi connectivity index (χ1) is 9.86. The Kier molecular flexibility index (Phi) is 3.60. The zero-order chi connectivity index (χ0) is 13.8. The Balaban J connectivity index is 1.84. The van der Waals surface area contributed by atoms with Gasteiger partial charge >= 0.3 is 6.01 Å². The van der Waals surface area contributed by atoms with Gasteiger partial charge in [0, 0.05) is 11.8 Å². The Bertz CT molecular complexity index is 699. The number of pyridine rings is 1. The summed E-state index contributed by atoms with van der Waals surface area (Å²) in [6.07, 6.45) is 3.23. The molecule has 0 unspecified atom stereocenters. The predicted molar refractivity (Wildman–Crippen MR) is 75.2 cm³/mol. The summed E-state index contributed by atoms with van der Waals surface area (Å²) in [5, 5.41) is 4.25. The Morgan fingerprint density at radius 3 is 2.70 bits per heavy atom. The first kappa shape index (κ1) is 12.6. The van der Waals surface area contributed by atoms with Crippen molar-refractivity contribution in [3.05, 3.63) is 60.6 Å². The molecule has 0 aliphatic carbocycles. The highest BCUT2D eigenvalue weighted by Crippen LogP contribution is 2.21. The largest absolute Gasteiger partial charge is 0.404 e. The van der Waals surface area contributed by atoms with Crippen LogP contribution in [0.4, 0.5) is 0 Å². The lowest BCUT2D eigenvalue weighted by molar-refractivity contribution is 0.421. The lowest BCUT2D eigenvalue weighted by atomic mass is 10.3. The zero-order valence-electron chi connectivity index (χ0n) is 10.5. The van der Waals surface area contributed by atoms with Crippen molar-refractivity contribution in [1.29, 1.82) is 0 Å². The van der Waals surface area contributed by atoms with Crippen molar-refractivity contribution in [3.63, 3.8) is 0 Å². The molecule has 20 heavy (non-hydrogen) atoms. The molecule has 5 nitrogen and oxygen atoms in total. The van der Waals surface area contributed by atoms with Gasteiger partial charge in [0.2, 0.25) is 5.88 Å². The van der Waals surface area contributed by atoms with E-state index < -0.39 is 0 Å². The van der Waals surface area contributed by atoms with Crippen LogP contribution in [0, 0.1) is 0 Å². The molecule has 2 aromatic heterocycles. The molecule has 0 aliphatic rings. The molecule has 0 spiro atoms. The van der Waals surface area contributed by atoms with E-state index in [0.29, 0.717) is 11.8 Å². The summed E-state index contributed by atoms with van der Waals surface area (Å²) in [6.45, 7) is 0. The van der Waals surface area contributed by atoms with Crippen LogP contribution < -0.4 is 4.74 Å². The Morgan fingerprint density at radius 2 is 1.90 bits per heavy atom. The maximum atomic E-state index is 5.83. The third kappa shape index (κ3) is 2.62. The minimum Gasteiger partial charge on any atom is -0.404 e. The second-order valence-electron chi connectivity index (χ2n) is 4.01. The molecule has 0 atom stereocenters. The molecule has 0 saturated heterocycles. The van der Waals surface area contributed by atoms with Crippen molar-refractivity contribution < 1.29 is 4.74 Å². The summed E-state index contributed by atoms with van der Waals surface area (Å²) in [6, 6.07) is 13.6. The number of hydrogen-bond acceptors (Lipinski definition) is 4. The van der Waals surface area contributed by atoms with Crippen molar-refractivity contribution in [3.8, 4) is 17.6 Å². The summed E-state index contributed by atoms with van der Waals surface area (Å²) in [4.78, 5) is 8.24. The van der Waals surface area contributed by atoms with Gasteiger partial charge in [-0.25, -0.2) is 9.67 Å². The van der Waals surface area contributed by atoms with Gasteiger partial charge in [0.15, 0.2) is 0 Å². The van der Waals surface area contributed by atoms with Crippen molar-refractivity contribution in [2.24, 2.45) is 0 Å². The highest BCUT2D eigenvalue weighted by molar-refractivity contribution is 6.17. The number of rotatable bonds is 4. The number of benzene rings is 1. The minimum absolute atomic E-state index is 0.235. The first-order valence-corrected chi connectivity index (χ1v) is 6.55.